The fourth-order valence-electron chi connectivity index (χ4n) is 5.73. The van der Waals surface area contributed by atoms with E-state index >= 15 is 0 Å². The summed E-state index contributed by atoms with van der Waals surface area (Å²) in [5.41, 5.74) is 4.49. The van der Waals surface area contributed by atoms with Gasteiger partial charge in [0.15, 0.2) is 5.82 Å². The summed E-state index contributed by atoms with van der Waals surface area (Å²) in [6.45, 7) is 11.3. The summed E-state index contributed by atoms with van der Waals surface area (Å²) in [7, 11) is 0. The predicted octanol–water partition coefficient (Wildman–Crippen LogP) is 5.78. The van der Waals surface area contributed by atoms with Crippen molar-refractivity contribution in [3.8, 4) is 10.8 Å². The number of nitrogens with one attached hydrogen (secondary N) is 1. The molecule has 1 amide bonds. The molecule has 15 nitrogen and oxygen atoms in total. The number of aliphatic carboxylic acids is 1. The highest BCUT2D eigenvalue weighted by Gasteiger charge is 2.32. The molecule has 0 radical (unpaired) electrons. The molecule has 0 saturated carbocycles. The number of rotatable bonds is 26. The lowest BCUT2D eigenvalue weighted by Gasteiger charge is -2.13. The van der Waals surface area contributed by atoms with Gasteiger partial charge in [-0.1, -0.05) is 23.7 Å². The molecule has 0 saturated heterocycles. The van der Waals surface area contributed by atoms with Crippen LogP contribution in [-0.2, 0) is 38.0 Å². The number of hydrogen-bond acceptors (Lipinski definition) is 13. The Bertz CT molecular complexity index is 1900. The number of nitrogens with zero attached hydrogens (tertiary/aromatic N) is 4. The van der Waals surface area contributed by atoms with Crippen molar-refractivity contribution in [1.29, 1.82) is 0 Å². The minimum Gasteiger partial charge on any atom is -0.491 e. The van der Waals surface area contributed by atoms with Crippen LogP contribution in [0.4, 0.5) is 5.69 Å². The van der Waals surface area contributed by atoms with Crippen LogP contribution in [0, 0.1) is 20.8 Å². The van der Waals surface area contributed by atoms with Crippen LogP contribution in [0.25, 0.3) is 5.00 Å². The van der Waals surface area contributed by atoms with Gasteiger partial charge in [0.2, 0.25) is 5.91 Å². The number of amides is 1. The Hall–Kier alpha value is -4.26. The lowest BCUT2D eigenvalue weighted by molar-refractivity contribution is -0.138. The first kappa shape index (κ1) is 43.9. The van der Waals surface area contributed by atoms with Crippen molar-refractivity contribution >= 4 is 46.2 Å². The summed E-state index contributed by atoms with van der Waals surface area (Å²) in [6, 6.07) is 14.2. The van der Waals surface area contributed by atoms with E-state index in [2.05, 4.69) is 29.4 Å². The molecule has 57 heavy (non-hydrogen) atoms. The van der Waals surface area contributed by atoms with Crippen molar-refractivity contribution < 1.29 is 47.9 Å². The fraction of sp³-hybridized carbons (Fsp3) is 0.475. The third kappa shape index (κ3) is 13.7. The Labute approximate surface area is 341 Å². The van der Waals surface area contributed by atoms with Crippen molar-refractivity contribution in [2.24, 2.45) is 4.99 Å². The van der Waals surface area contributed by atoms with Gasteiger partial charge < -0.3 is 43.6 Å². The van der Waals surface area contributed by atoms with Crippen LogP contribution >= 0.6 is 22.9 Å². The summed E-state index contributed by atoms with van der Waals surface area (Å²) in [4.78, 5) is 30.2. The normalized spacial score (nSPS) is 13.5. The van der Waals surface area contributed by atoms with Crippen LogP contribution in [0.1, 0.15) is 52.1 Å². The van der Waals surface area contributed by atoms with Crippen LogP contribution in [0.2, 0.25) is 5.02 Å². The molecule has 5 rings (SSSR count). The lowest BCUT2D eigenvalue weighted by atomic mass is 9.99. The molecule has 0 fully saturated rings. The maximum atomic E-state index is 13.5. The molecule has 0 spiro atoms. The number of ether oxygens (including phenoxy) is 7. The predicted molar refractivity (Wildman–Crippen MR) is 216 cm³/mol. The average molecular weight is 828 g/mol. The Kier molecular flexibility index (Phi) is 17.9. The number of carbonyl (C=O) groups excluding carboxylic acids is 1. The number of hydrogen-bond donors (Lipinski definition) is 2. The third-order valence-corrected chi connectivity index (χ3v) is 10.1. The zero-order chi connectivity index (χ0) is 40.4. The van der Waals surface area contributed by atoms with E-state index in [1.54, 1.807) is 35.6 Å². The van der Waals surface area contributed by atoms with Crippen LogP contribution in [0.5, 0.6) is 5.75 Å². The number of aryl methyl sites for hydroxylation is 2. The summed E-state index contributed by atoms with van der Waals surface area (Å²) in [6.07, 6.45) is 0.0552. The first-order valence-electron chi connectivity index (χ1n) is 18.8. The fourth-order valence-corrected chi connectivity index (χ4v) is 7.07. The summed E-state index contributed by atoms with van der Waals surface area (Å²) < 4.78 is 40.3. The van der Waals surface area contributed by atoms with Gasteiger partial charge in [-0.05, 0) is 62.7 Å². The highest BCUT2D eigenvalue weighted by Crippen LogP contribution is 2.39. The molecule has 1 aliphatic heterocycles. The van der Waals surface area contributed by atoms with Gasteiger partial charge in [-0.15, -0.1) is 21.5 Å². The zero-order valence-electron chi connectivity index (χ0n) is 32.5. The van der Waals surface area contributed by atoms with Gasteiger partial charge in [-0.2, -0.15) is 0 Å². The van der Waals surface area contributed by atoms with Crippen molar-refractivity contribution in [2.75, 3.05) is 91.2 Å². The highest BCUT2D eigenvalue weighted by molar-refractivity contribution is 7.15. The SMILES string of the molecule is Cc1sc2c(c1C)C(c1ccc(Cl)cc1)=N[C@@H](CC(=O)Nc1ccc(OCCOCCOCCOCCOCCOCCOCCC(=O)O)cc1)c1nnc(C)n1-2. The molecular weight excluding hydrogens is 778 g/mol. The first-order chi connectivity index (χ1) is 27.7. The molecular formula is C40H50ClN5O10S. The van der Waals surface area contributed by atoms with E-state index < -0.39 is 12.0 Å². The number of carboxylic acids is 1. The number of carbonyl (C=O) groups is 2. The summed E-state index contributed by atoms with van der Waals surface area (Å²) in [5.74, 6) is 0.922. The van der Waals surface area contributed by atoms with Crippen molar-refractivity contribution in [3.05, 3.63) is 86.8 Å². The van der Waals surface area contributed by atoms with Crippen molar-refractivity contribution in [1.82, 2.24) is 14.8 Å². The van der Waals surface area contributed by atoms with E-state index in [1.807, 2.05) is 35.8 Å². The molecule has 2 N–H and O–H groups in total. The second-order valence-electron chi connectivity index (χ2n) is 12.8. The Morgan fingerprint density at radius 3 is 1.86 bits per heavy atom. The van der Waals surface area contributed by atoms with Gasteiger partial charge in [-0.25, -0.2) is 0 Å². The molecule has 2 aromatic carbocycles. The van der Waals surface area contributed by atoms with E-state index in [0.717, 1.165) is 33.2 Å². The molecule has 17 heteroatoms. The van der Waals surface area contributed by atoms with Gasteiger partial charge in [0, 0.05) is 26.7 Å². The maximum absolute atomic E-state index is 13.5. The largest absolute Gasteiger partial charge is 0.491 e. The Balaban J connectivity index is 0.950. The molecule has 308 valence electrons. The van der Waals surface area contributed by atoms with E-state index in [4.69, 9.17) is 54.9 Å². The minimum atomic E-state index is -0.882. The molecule has 1 aliphatic rings. The lowest BCUT2D eigenvalue weighted by Crippen LogP contribution is -2.17. The molecule has 3 heterocycles. The first-order valence-corrected chi connectivity index (χ1v) is 20.0. The molecule has 1 atom stereocenters. The van der Waals surface area contributed by atoms with E-state index in [-0.39, 0.29) is 25.4 Å². The minimum absolute atomic E-state index is 0.0136. The quantitative estimate of drug-likeness (QED) is 0.0732. The number of aliphatic imine (C=N–C) groups is 1. The average Bonchev–Trinajstić information content (AvgIpc) is 3.67. The maximum Gasteiger partial charge on any atom is 0.305 e. The zero-order valence-corrected chi connectivity index (χ0v) is 34.1. The number of aromatic nitrogens is 3. The smallest absolute Gasteiger partial charge is 0.305 e. The summed E-state index contributed by atoms with van der Waals surface area (Å²) >= 11 is 7.89. The molecule has 2 aromatic heterocycles. The Morgan fingerprint density at radius 1 is 0.754 bits per heavy atom. The van der Waals surface area contributed by atoms with Gasteiger partial charge in [-0.3, -0.25) is 19.1 Å². The number of anilines is 1. The van der Waals surface area contributed by atoms with Crippen LogP contribution < -0.4 is 10.1 Å². The van der Waals surface area contributed by atoms with Gasteiger partial charge in [0.1, 0.15) is 29.2 Å². The van der Waals surface area contributed by atoms with Crippen LogP contribution in [0.15, 0.2) is 53.5 Å². The summed E-state index contributed by atoms with van der Waals surface area (Å²) in [5, 5.41) is 22.0. The number of halogens is 1. The van der Waals surface area contributed by atoms with Gasteiger partial charge in [0.05, 0.1) is 97.8 Å². The standard InChI is InChI=1S/C40H50ClN5O10S/c1-27-28(2)57-40-37(27)38(30-4-6-31(41)7-5-30)43-34(39-45-44-29(3)46(39)40)26-35(47)42-32-8-10-33(11-9-32)56-25-24-55-23-22-54-21-20-53-19-18-52-17-16-51-15-14-50-13-12-36(48)49/h4-11,34H,12-26H2,1-3H3,(H,42,47)(H,48,49)/t34-/m0/s1. The number of fused-ring (bicyclic) bond motifs is 3. The monoisotopic (exact) mass is 827 g/mol. The van der Waals surface area contributed by atoms with Crippen molar-refractivity contribution in [2.45, 2.75) is 39.7 Å². The number of carboxylic acid groups (broad SMARTS) is 1. The Morgan fingerprint density at radius 2 is 1.30 bits per heavy atom. The molecule has 0 aliphatic carbocycles. The second-order valence-corrected chi connectivity index (χ2v) is 14.5. The molecule has 0 bridgehead atoms. The second kappa shape index (κ2) is 23.2. The van der Waals surface area contributed by atoms with Crippen molar-refractivity contribution in [3.63, 3.8) is 0 Å². The van der Waals surface area contributed by atoms with Gasteiger partial charge >= 0.3 is 5.97 Å². The van der Waals surface area contributed by atoms with Crippen LogP contribution in [-0.4, -0.2) is 123 Å². The molecule has 4 aromatic rings. The highest BCUT2D eigenvalue weighted by atomic mass is 35.5. The number of thiophene rings is 1. The van der Waals surface area contributed by atoms with Gasteiger partial charge in [0.25, 0.3) is 0 Å². The topological polar surface area (TPSA) is 174 Å². The third-order valence-electron chi connectivity index (χ3n) is 8.69. The number of benzene rings is 2. The van der Waals surface area contributed by atoms with E-state index in [0.29, 0.717) is 102 Å². The van der Waals surface area contributed by atoms with Crippen LogP contribution in [0.3, 0.4) is 0 Å². The van der Waals surface area contributed by atoms with E-state index in [9.17, 15) is 9.59 Å². The van der Waals surface area contributed by atoms with E-state index in [1.165, 1.54) is 4.88 Å². The molecule has 0 unspecified atom stereocenters.